The molecule has 1 aliphatic rings. The van der Waals surface area contributed by atoms with E-state index >= 15 is 0 Å². The molecule has 0 atom stereocenters. The van der Waals surface area contributed by atoms with Crippen LogP contribution in [0.2, 0.25) is 0 Å². The molecule has 0 radical (unpaired) electrons. The number of amides is 2. The van der Waals surface area contributed by atoms with Crippen molar-refractivity contribution in [3.63, 3.8) is 0 Å². The molecular formula is C22H19BrN4O2. The van der Waals surface area contributed by atoms with Crippen LogP contribution in [0.1, 0.15) is 25.7 Å². The summed E-state index contributed by atoms with van der Waals surface area (Å²) in [5.41, 5.74) is 4.45. The Morgan fingerprint density at radius 3 is 2.55 bits per heavy atom. The molecular weight excluding hydrogens is 432 g/mol. The van der Waals surface area contributed by atoms with E-state index < -0.39 is 0 Å². The van der Waals surface area contributed by atoms with Gasteiger partial charge in [-0.3, -0.25) is 14.5 Å². The topological polar surface area (TPSA) is 68.1 Å². The number of likely N-dealkylation sites (tertiary alicyclic amines) is 1. The molecule has 0 saturated carbocycles. The second kappa shape index (κ2) is 7.22. The molecule has 0 bridgehead atoms. The molecule has 146 valence electrons. The predicted octanol–water partition coefficient (Wildman–Crippen LogP) is 4.43. The third-order valence-electron chi connectivity index (χ3n) is 5.46. The third-order valence-corrected chi connectivity index (χ3v) is 5.95. The molecule has 2 aromatic carbocycles. The van der Waals surface area contributed by atoms with Gasteiger partial charge in [-0.05, 0) is 37.1 Å². The SMILES string of the molecule is O=C1CCCC(=O)N1CCCn1c2ccccc2c2nc3cc(Br)ccc3nc21. The molecule has 0 unspecified atom stereocenters. The number of benzene rings is 2. The zero-order valence-electron chi connectivity index (χ0n) is 15.8. The zero-order valence-corrected chi connectivity index (χ0v) is 17.4. The Morgan fingerprint density at radius 2 is 1.72 bits per heavy atom. The van der Waals surface area contributed by atoms with Crippen LogP contribution in [0.15, 0.2) is 46.9 Å². The van der Waals surface area contributed by atoms with E-state index in [4.69, 9.17) is 9.97 Å². The van der Waals surface area contributed by atoms with Crippen molar-refractivity contribution in [3.05, 3.63) is 46.9 Å². The second-order valence-corrected chi connectivity index (χ2v) is 8.26. The summed E-state index contributed by atoms with van der Waals surface area (Å²) in [5.74, 6) is -0.111. The van der Waals surface area contributed by atoms with Gasteiger partial charge in [-0.15, -0.1) is 0 Å². The Kier molecular flexibility index (Phi) is 4.54. The average molecular weight is 451 g/mol. The van der Waals surface area contributed by atoms with E-state index in [2.05, 4.69) is 32.6 Å². The number of aromatic nitrogens is 3. The number of fused-ring (bicyclic) bond motifs is 4. The number of piperidine rings is 1. The van der Waals surface area contributed by atoms with Gasteiger partial charge in [0.2, 0.25) is 11.8 Å². The standard InChI is InChI=1S/C22H19BrN4O2/c23-14-9-10-16-17(13-14)24-21-15-5-1-2-6-18(15)26(22(21)25-16)11-4-12-27-19(28)7-3-8-20(27)29/h1-2,5-6,9-10,13H,3-4,7-8,11-12H2. The van der Waals surface area contributed by atoms with Crippen LogP contribution < -0.4 is 0 Å². The fraction of sp³-hybridized carbons (Fsp3) is 0.273. The number of hydrogen-bond donors (Lipinski definition) is 0. The second-order valence-electron chi connectivity index (χ2n) is 7.34. The Balaban J connectivity index is 1.54. The summed E-state index contributed by atoms with van der Waals surface area (Å²) in [7, 11) is 0. The molecule has 0 spiro atoms. The van der Waals surface area contributed by atoms with Gasteiger partial charge < -0.3 is 4.57 Å². The van der Waals surface area contributed by atoms with Crippen molar-refractivity contribution in [3.8, 4) is 0 Å². The Hall–Kier alpha value is -2.80. The first-order chi connectivity index (χ1) is 14.1. The highest BCUT2D eigenvalue weighted by atomic mass is 79.9. The van der Waals surface area contributed by atoms with Gasteiger partial charge in [0.25, 0.3) is 0 Å². The number of nitrogens with zero attached hydrogens (tertiary/aromatic N) is 4. The van der Waals surface area contributed by atoms with Gasteiger partial charge in [-0.1, -0.05) is 34.1 Å². The third kappa shape index (κ3) is 3.19. The molecule has 29 heavy (non-hydrogen) atoms. The highest BCUT2D eigenvalue weighted by molar-refractivity contribution is 9.10. The highest BCUT2D eigenvalue weighted by Crippen LogP contribution is 2.29. The molecule has 2 amide bonds. The summed E-state index contributed by atoms with van der Waals surface area (Å²) in [4.78, 5) is 35.3. The lowest BCUT2D eigenvalue weighted by Gasteiger charge is -2.24. The molecule has 0 aliphatic carbocycles. The van der Waals surface area contributed by atoms with E-state index in [1.165, 1.54) is 4.90 Å². The van der Waals surface area contributed by atoms with Gasteiger partial charge >= 0.3 is 0 Å². The van der Waals surface area contributed by atoms with Gasteiger partial charge in [0, 0.05) is 35.8 Å². The smallest absolute Gasteiger partial charge is 0.229 e. The molecule has 1 aliphatic heterocycles. The average Bonchev–Trinajstić information content (AvgIpc) is 3.01. The van der Waals surface area contributed by atoms with Gasteiger partial charge in [0.1, 0.15) is 5.52 Å². The highest BCUT2D eigenvalue weighted by Gasteiger charge is 2.25. The van der Waals surface area contributed by atoms with E-state index in [9.17, 15) is 9.59 Å². The molecule has 6 nitrogen and oxygen atoms in total. The number of imide groups is 1. The van der Waals surface area contributed by atoms with Gasteiger partial charge in [0.15, 0.2) is 5.65 Å². The predicted molar refractivity (Wildman–Crippen MR) is 115 cm³/mol. The van der Waals surface area contributed by atoms with E-state index in [-0.39, 0.29) is 11.8 Å². The Labute approximate surface area is 175 Å². The van der Waals surface area contributed by atoms with E-state index in [1.807, 2.05) is 30.3 Å². The van der Waals surface area contributed by atoms with Crippen LogP contribution in [-0.4, -0.2) is 37.8 Å². The number of hydrogen-bond acceptors (Lipinski definition) is 4. The fourth-order valence-corrected chi connectivity index (χ4v) is 4.42. The summed E-state index contributed by atoms with van der Waals surface area (Å²) < 4.78 is 3.12. The van der Waals surface area contributed by atoms with Crippen molar-refractivity contribution in [2.45, 2.75) is 32.2 Å². The maximum atomic E-state index is 12.1. The molecule has 1 saturated heterocycles. The minimum atomic E-state index is -0.0557. The summed E-state index contributed by atoms with van der Waals surface area (Å²) >= 11 is 3.50. The number of halogens is 1. The Bertz CT molecular complexity index is 1260. The van der Waals surface area contributed by atoms with Crippen LogP contribution in [0.25, 0.3) is 33.1 Å². The number of carbonyl (C=O) groups excluding carboxylic acids is 2. The van der Waals surface area contributed by atoms with E-state index in [0.29, 0.717) is 38.8 Å². The Morgan fingerprint density at radius 1 is 0.931 bits per heavy atom. The first kappa shape index (κ1) is 18.2. The minimum absolute atomic E-state index is 0.0557. The summed E-state index contributed by atoms with van der Waals surface area (Å²) in [6, 6.07) is 14.0. The quantitative estimate of drug-likeness (QED) is 0.431. The lowest BCUT2D eigenvalue weighted by atomic mass is 10.1. The molecule has 2 aromatic heterocycles. The van der Waals surface area contributed by atoms with Crippen LogP contribution in [0.4, 0.5) is 0 Å². The van der Waals surface area contributed by atoms with Crippen LogP contribution >= 0.6 is 15.9 Å². The van der Waals surface area contributed by atoms with Crippen LogP contribution in [0, 0.1) is 0 Å². The van der Waals surface area contributed by atoms with Crippen LogP contribution in [-0.2, 0) is 16.1 Å². The molecule has 5 rings (SSSR count). The van der Waals surface area contributed by atoms with Crippen molar-refractivity contribution in [1.29, 1.82) is 0 Å². The summed E-state index contributed by atoms with van der Waals surface area (Å²) in [6.45, 7) is 1.11. The number of carbonyl (C=O) groups is 2. The minimum Gasteiger partial charge on any atom is -0.324 e. The van der Waals surface area contributed by atoms with Crippen molar-refractivity contribution < 1.29 is 9.59 Å². The van der Waals surface area contributed by atoms with Crippen LogP contribution in [0.3, 0.4) is 0 Å². The maximum absolute atomic E-state index is 12.1. The first-order valence-electron chi connectivity index (χ1n) is 9.79. The van der Waals surface area contributed by atoms with Crippen molar-refractivity contribution in [2.75, 3.05) is 6.54 Å². The van der Waals surface area contributed by atoms with Gasteiger partial charge in [0.05, 0.1) is 16.6 Å². The largest absolute Gasteiger partial charge is 0.324 e. The molecule has 0 N–H and O–H groups in total. The summed E-state index contributed by atoms with van der Waals surface area (Å²) in [6.07, 6.45) is 2.29. The number of rotatable bonds is 4. The van der Waals surface area contributed by atoms with E-state index in [0.717, 1.165) is 37.6 Å². The monoisotopic (exact) mass is 450 g/mol. The molecule has 3 heterocycles. The summed E-state index contributed by atoms with van der Waals surface area (Å²) in [5, 5.41) is 1.06. The molecule has 1 fully saturated rings. The van der Waals surface area contributed by atoms with Crippen molar-refractivity contribution in [1.82, 2.24) is 19.4 Å². The van der Waals surface area contributed by atoms with Crippen LogP contribution in [0.5, 0.6) is 0 Å². The van der Waals surface area contributed by atoms with E-state index in [1.54, 1.807) is 0 Å². The first-order valence-corrected chi connectivity index (χ1v) is 10.6. The fourth-order valence-electron chi connectivity index (χ4n) is 4.07. The van der Waals surface area contributed by atoms with Crippen molar-refractivity contribution >= 4 is 60.8 Å². The van der Waals surface area contributed by atoms with Crippen molar-refractivity contribution in [2.24, 2.45) is 0 Å². The number of para-hydroxylation sites is 1. The normalized spacial score (nSPS) is 15.1. The number of aryl methyl sites for hydroxylation is 1. The lowest BCUT2D eigenvalue weighted by Crippen LogP contribution is -2.40. The van der Waals surface area contributed by atoms with Gasteiger partial charge in [-0.2, -0.15) is 0 Å². The van der Waals surface area contributed by atoms with Gasteiger partial charge in [-0.25, -0.2) is 9.97 Å². The lowest BCUT2D eigenvalue weighted by molar-refractivity contribution is -0.148. The zero-order chi connectivity index (χ0) is 20.0. The maximum Gasteiger partial charge on any atom is 0.229 e. The molecule has 7 heteroatoms. The molecule has 4 aromatic rings.